The average molecular weight is 271 g/mol. The Balaban J connectivity index is 1.86. The number of halogens is 1. The van der Waals surface area contributed by atoms with Crippen molar-refractivity contribution in [1.82, 2.24) is 0 Å². The van der Waals surface area contributed by atoms with Crippen LogP contribution in [0, 0.1) is 5.92 Å². The second-order valence-electron chi connectivity index (χ2n) is 5.05. The standard InChI is InChI=1S/C17H15ClO/c18-16-8-4-3-7-15(16)17(19)14-10-9-12-5-1-2-6-13(12)11-14/h1-8,14H,9-11H2. The molecule has 2 aromatic rings. The first kappa shape index (κ1) is 12.4. The summed E-state index contributed by atoms with van der Waals surface area (Å²) in [7, 11) is 0. The summed E-state index contributed by atoms with van der Waals surface area (Å²) in [6.07, 6.45) is 2.73. The molecule has 1 nitrogen and oxygen atoms in total. The van der Waals surface area contributed by atoms with E-state index in [9.17, 15) is 4.79 Å². The van der Waals surface area contributed by atoms with Crippen LogP contribution in [0.2, 0.25) is 5.02 Å². The van der Waals surface area contributed by atoms with E-state index in [0.29, 0.717) is 10.6 Å². The van der Waals surface area contributed by atoms with E-state index in [0.717, 1.165) is 19.3 Å². The van der Waals surface area contributed by atoms with Crippen LogP contribution in [0.1, 0.15) is 27.9 Å². The number of carbonyl (C=O) groups is 1. The van der Waals surface area contributed by atoms with Gasteiger partial charge < -0.3 is 0 Å². The summed E-state index contributed by atoms with van der Waals surface area (Å²) in [6, 6.07) is 15.7. The monoisotopic (exact) mass is 270 g/mol. The smallest absolute Gasteiger partial charge is 0.167 e. The molecule has 1 unspecified atom stereocenters. The van der Waals surface area contributed by atoms with Crippen molar-refractivity contribution in [2.45, 2.75) is 19.3 Å². The van der Waals surface area contributed by atoms with Gasteiger partial charge in [0.25, 0.3) is 0 Å². The van der Waals surface area contributed by atoms with Crippen LogP contribution >= 0.6 is 11.6 Å². The first-order valence-electron chi connectivity index (χ1n) is 6.61. The lowest BCUT2D eigenvalue weighted by Crippen LogP contribution is -2.23. The molecular formula is C17H15ClO. The molecule has 1 aliphatic rings. The number of ketones is 1. The van der Waals surface area contributed by atoms with Crippen molar-refractivity contribution in [2.24, 2.45) is 5.92 Å². The molecule has 0 bridgehead atoms. The fraction of sp³-hybridized carbons (Fsp3) is 0.235. The van der Waals surface area contributed by atoms with Crippen LogP contribution < -0.4 is 0 Å². The van der Waals surface area contributed by atoms with Crippen LogP contribution in [-0.2, 0) is 12.8 Å². The van der Waals surface area contributed by atoms with Gasteiger partial charge in [-0.3, -0.25) is 4.79 Å². The third-order valence-corrected chi connectivity index (χ3v) is 4.19. The highest BCUT2D eigenvalue weighted by Crippen LogP contribution is 2.29. The lowest BCUT2D eigenvalue weighted by Gasteiger charge is -2.23. The predicted molar refractivity (Wildman–Crippen MR) is 77.7 cm³/mol. The molecule has 0 N–H and O–H groups in total. The molecule has 0 heterocycles. The summed E-state index contributed by atoms with van der Waals surface area (Å²) in [4.78, 5) is 12.5. The first-order valence-corrected chi connectivity index (χ1v) is 6.99. The van der Waals surface area contributed by atoms with E-state index in [2.05, 4.69) is 18.2 Å². The Bertz CT molecular complexity index is 618. The normalized spacial score (nSPS) is 17.8. The van der Waals surface area contributed by atoms with Crippen molar-refractivity contribution >= 4 is 17.4 Å². The number of carbonyl (C=O) groups excluding carboxylic acids is 1. The number of hydrogen-bond acceptors (Lipinski definition) is 1. The van der Waals surface area contributed by atoms with Gasteiger partial charge in [0.05, 0.1) is 5.02 Å². The molecule has 1 aliphatic carbocycles. The molecule has 0 saturated carbocycles. The molecule has 0 saturated heterocycles. The van der Waals surface area contributed by atoms with Gasteiger partial charge >= 0.3 is 0 Å². The summed E-state index contributed by atoms with van der Waals surface area (Å²) >= 11 is 6.12. The lowest BCUT2D eigenvalue weighted by molar-refractivity contribution is 0.0909. The minimum atomic E-state index is 0.0646. The topological polar surface area (TPSA) is 17.1 Å². The second kappa shape index (κ2) is 5.18. The van der Waals surface area contributed by atoms with E-state index in [1.54, 1.807) is 6.07 Å². The Labute approximate surface area is 118 Å². The maximum atomic E-state index is 12.5. The Hall–Kier alpha value is -1.60. The molecule has 1 atom stereocenters. The molecular weight excluding hydrogens is 256 g/mol. The van der Waals surface area contributed by atoms with Gasteiger partial charge in [-0.05, 0) is 42.5 Å². The van der Waals surface area contributed by atoms with Crippen molar-refractivity contribution in [3.05, 3.63) is 70.2 Å². The van der Waals surface area contributed by atoms with Gasteiger partial charge in [0, 0.05) is 11.5 Å². The van der Waals surface area contributed by atoms with Gasteiger partial charge in [-0.25, -0.2) is 0 Å². The van der Waals surface area contributed by atoms with Crippen LogP contribution in [0.5, 0.6) is 0 Å². The molecule has 0 fully saturated rings. The minimum absolute atomic E-state index is 0.0646. The largest absolute Gasteiger partial charge is 0.294 e. The highest BCUT2D eigenvalue weighted by Gasteiger charge is 2.26. The number of Topliss-reactive ketones (excluding diaryl/α,β-unsaturated/α-hetero) is 1. The Morgan fingerprint density at radius 1 is 1.00 bits per heavy atom. The second-order valence-corrected chi connectivity index (χ2v) is 5.46. The molecule has 0 spiro atoms. The number of fused-ring (bicyclic) bond motifs is 1. The SMILES string of the molecule is O=C(c1ccccc1Cl)C1CCc2ccccc2C1. The van der Waals surface area contributed by atoms with Crippen molar-refractivity contribution in [1.29, 1.82) is 0 Å². The molecule has 96 valence electrons. The lowest BCUT2D eigenvalue weighted by atomic mass is 9.80. The third-order valence-electron chi connectivity index (χ3n) is 3.86. The van der Waals surface area contributed by atoms with Gasteiger partial charge in [0.2, 0.25) is 0 Å². The molecule has 0 aromatic heterocycles. The van der Waals surface area contributed by atoms with Gasteiger partial charge in [0.1, 0.15) is 0 Å². The minimum Gasteiger partial charge on any atom is -0.294 e. The van der Waals surface area contributed by atoms with Crippen molar-refractivity contribution in [3.63, 3.8) is 0 Å². The summed E-state index contributed by atoms with van der Waals surface area (Å²) < 4.78 is 0. The highest BCUT2D eigenvalue weighted by molar-refractivity contribution is 6.34. The van der Waals surface area contributed by atoms with Gasteiger partial charge in [-0.2, -0.15) is 0 Å². The van der Waals surface area contributed by atoms with E-state index in [4.69, 9.17) is 11.6 Å². The molecule has 2 aromatic carbocycles. The van der Waals surface area contributed by atoms with E-state index in [1.807, 2.05) is 24.3 Å². The predicted octanol–water partition coefficient (Wildman–Crippen LogP) is 4.33. The van der Waals surface area contributed by atoms with Crippen LogP contribution in [0.25, 0.3) is 0 Å². The van der Waals surface area contributed by atoms with Crippen LogP contribution in [-0.4, -0.2) is 5.78 Å². The molecule has 0 amide bonds. The summed E-state index contributed by atoms with van der Waals surface area (Å²) in [5.41, 5.74) is 3.35. The fourth-order valence-corrected chi connectivity index (χ4v) is 3.03. The first-order chi connectivity index (χ1) is 9.25. The van der Waals surface area contributed by atoms with Crippen LogP contribution in [0.15, 0.2) is 48.5 Å². The van der Waals surface area contributed by atoms with E-state index < -0.39 is 0 Å². The average Bonchev–Trinajstić information content (AvgIpc) is 2.46. The van der Waals surface area contributed by atoms with E-state index >= 15 is 0 Å². The van der Waals surface area contributed by atoms with Crippen molar-refractivity contribution in [2.75, 3.05) is 0 Å². The van der Waals surface area contributed by atoms with E-state index in [-0.39, 0.29) is 11.7 Å². The van der Waals surface area contributed by atoms with Gasteiger partial charge in [-0.15, -0.1) is 0 Å². The van der Waals surface area contributed by atoms with Crippen LogP contribution in [0.3, 0.4) is 0 Å². The summed E-state index contributed by atoms with van der Waals surface area (Å²) in [5, 5.41) is 0.561. The van der Waals surface area contributed by atoms with E-state index in [1.165, 1.54) is 11.1 Å². The van der Waals surface area contributed by atoms with Crippen LogP contribution in [0.4, 0.5) is 0 Å². The van der Waals surface area contributed by atoms with Crippen molar-refractivity contribution in [3.8, 4) is 0 Å². The number of aryl methyl sites for hydroxylation is 1. The Morgan fingerprint density at radius 2 is 1.68 bits per heavy atom. The fourth-order valence-electron chi connectivity index (χ4n) is 2.80. The van der Waals surface area contributed by atoms with Gasteiger partial charge in [-0.1, -0.05) is 48.0 Å². The van der Waals surface area contributed by atoms with Crippen molar-refractivity contribution < 1.29 is 4.79 Å². The zero-order chi connectivity index (χ0) is 13.2. The highest BCUT2D eigenvalue weighted by atomic mass is 35.5. The molecule has 0 radical (unpaired) electrons. The number of benzene rings is 2. The maximum absolute atomic E-state index is 12.5. The zero-order valence-electron chi connectivity index (χ0n) is 10.6. The third kappa shape index (κ3) is 2.43. The molecule has 0 aliphatic heterocycles. The quantitative estimate of drug-likeness (QED) is 0.743. The Morgan fingerprint density at radius 3 is 2.47 bits per heavy atom. The Kier molecular flexibility index (Phi) is 3.39. The zero-order valence-corrected chi connectivity index (χ0v) is 11.4. The maximum Gasteiger partial charge on any atom is 0.167 e. The summed E-state index contributed by atoms with van der Waals surface area (Å²) in [6.45, 7) is 0. The van der Waals surface area contributed by atoms with Gasteiger partial charge in [0.15, 0.2) is 5.78 Å². The number of hydrogen-bond donors (Lipinski definition) is 0. The molecule has 3 rings (SSSR count). The molecule has 2 heteroatoms. The summed E-state index contributed by atoms with van der Waals surface area (Å²) in [5.74, 6) is 0.245. The number of rotatable bonds is 2. The molecule has 19 heavy (non-hydrogen) atoms.